The summed E-state index contributed by atoms with van der Waals surface area (Å²) >= 11 is 6.02. The van der Waals surface area contributed by atoms with Crippen molar-refractivity contribution in [3.63, 3.8) is 0 Å². The smallest absolute Gasteiger partial charge is 0.264 e. The van der Waals surface area contributed by atoms with Gasteiger partial charge in [-0.3, -0.25) is 9.59 Å². The molecule has 2 aromatic heterocycles. The molecule has 2 fully saturated rings. The van der Waals surface area contributed by atoms with Crippen LogP contribution in [0.15, 0.2) is 46.2 Å². The van der Waals surface area contributed by atoms with Crippen LogP contribution in [0.2, 0.25) is 5.02 Å². The van der Waals surface area contributed by atoms with Crippen molar-refractivity contribution < 1.29 is 13.2 Å². The standard InChI is InChI=1S/C23H26ClN5O4S/c24-18-1-2-19-17(13-18)14-22(25-19)34(32,33)29-11-7-16(8-12-29)23(31)28-9-5-15(6-10-28)20-3-4-21(30)27-26-20/h1-4,13-16,25H,5-12H2,(H,27,30). The predicted octanol–water partition coefficient (Wildman–Crippen LogP) is 2.71. The molecule has 4 heterocycles. The van der Waals surface area contributed by atoms with Crippen LogP contribution in [0.4, 0.5) is 0 Å². The van der Waals surface area contributed by atoms with Gasteiger partial charge >= 0.3 is 0 Å². The summed E-state index contributed by atoms with van der Waals surface area (Å²) in [5, 5.41) is 8.04. The largest absolute Gasteiger partial charge is 0.345 e. The SMILES string of the molecule is O=C(C1CCN(S(=O)(=O)c2cc3cc(Cl)ccc3[nH]2)CC1)N1CCC(c2ccc(=O)[nH]n2)CC1. The van der Waals surface area contributed by atoms with Gasteiger partial charge in [-0.05, 0) is 56.0 Å². The van der Waals surface area contributed by atoms with Crippen LogP contribution in [-0.2, 0) is 14.8 Å². The van der Waals surface area contributed by atoms with Crippen LogP contribution in [0.1, 0.15) is 37.3 Å². The summed E-state index contributed by atoms with van der Waals surface area (Å²) in [4.78, 5) is 29.2. The Bertz CT molecular complexity index is 1350. The number of amides is 1. The van der Waals surface area contributed by atoms with Crippen molar-refractivity contribution in [3.8, 4) is 0 Å². The maximum absolute atomic E-state index is 13.2. The molecule has 0 radical (unpaired) electrons. The van der Waals surface area contributed by atoms with E-state index in [0.29, 0.717) is 49.6 Å². The van der Waals surface area contributed by atoms with E-state index in [-0.39, 0.29) is 28.3 Å². The lowest BCUT2D eigenvalue weighted by molar-refractivity contribution is -0.137. The summed E-state index contributed by atoms with van der Waals surface area (Å²) in [6.07, 6.45) is 2.60. The lowest BCUT2D eigenvalue weighted by atomic mass is 9.91. The van der Waals surface area contributed by atoms with Gasteiger partial charge in [0.25, 0.3) is 15.6 Å². The molecular formula is C23H26ClN5O4S. The number of H-pyrrole nitrogens is 2. The van der Waals surface area contributed by atoms with Crippen molar-refractivity contribution in [1.82, 2.24) is 24.4 Å². The Morgan fingerprint density at radius 3 is 2.41 bits per heavy atom. The highest BCUT2D eigenvalue weighted by Crippen LogP contribution is 2.30. The minimum atomic E-state index is -3.67. The van der Waals surface area contributed by atoms with E-state index in [1.54, 1.807) is 30.3 Å². The van der Waals surface area contributed by atoms with Crippen molar-refractivity contribution in [1.29, 1.82) is 0 Å². The maximum atomic E-state index is 13.2. The normalized spacial score (nSPS) is 19.0. The van der Waals surface area contributed by atoms with Crippen molar-refractivity contribution in [2.24, 2.45) is 5.92 Å². The van der Waals surface area contributed by atoms with E-state index in [1.807, 2.05) is 4.90 Å². The molecule has 2 N–H and O–H groups in total. The van der Waals surface area contributed by atoms with Crippen LogP contribution in [0.5, 0.6) is 0 Å². The number of hydrogen-bond acceptors (Lipinski definition) is 5. The number of sulfonamides is 1. The Morgan fingerprint density at radius 2 is 1.74 bits per heavy atom. The fourth-order valence-corrected chi connectivity index (χ4v) is 6.60. The molecule has 0 saturated carbocycles. The summed E-state index contributed by atoms with van der Waals surface area (Å²) in [5.74, 6) is 0.153. The Labute approximate surface area is 202 Å². The minimum Gasteiger partial charge on any atom is -0.345 e. The summed E-state index contributed by atoms with van der Waals surface area (Å²) in [6.45, 7) is 1.90. The molecule has 180 valence electrons. The van der Waals surface area contributed by atoms with Gasteiger partial charge in [-0.15, -0.1) is 0 Å². The van der Waals surface area contributed by atoms with Crippen molar-refractivity contribution in [2.75, 3.05) is 26.2 Å². The number of halogens is 1. The number of likely N-dealkylation sites (tertiary alicyclic amines) is 1. The van der Waals surface area contributed by atoms with Gasteiger partial charge in [0.1, 0.15) is 5.03 Å². The number of benzene rings is 1. The first-order valence-electron chi connectivity index (χ1n) is 11.4. The van der Waals surface area contributed by atoms with Gasteiger partial charge < -0.3 is 9.88 Å². The number of rotatable bonds is 4. The molecule has 0 unspecified atom stereocenters. The molecule has 3 aromatic rings. The van der Waals surface area contributed by atoms with E-state index < -0.39 is 10.0 Å². The first-order chi connectivity index (χ1) is 16.3. The monoisotopic (exact) mass is 503 g/mol. The van der Waals surface area contributed by atoms with Gasteiger partial charge in [0.15, 0.2) is 0 Å². The first kappa shape index (κ1) is 23.1. The number of piperidine rings is 2. The molecule has 0 bridgehead atoms. The molecule has 1 aromatic carbocycles. The Kier molecular flexibility index (Phi) is 6.22. The van der Waals surface area contributed by atoms with E-state index in [2.05, 4.69) is 15.2 Å². The molecule has 5 rings (SSSR count). The van der Waals surface area contributed by atoms with Gasteiger partial charge in [-0.1, -0.05) is 11.6 Å². The van der Waals surface area contributed by atoms with Crippen LogP contribution in [0.3, 0.4) is 0 Å². The lowest BCUT2D eigenvalue weighted by Crippen LogP contribution is -2.46. The average Bonchev–Trinajstić information content (AvgIpc) is 3.28. The van der Waals surface area contributed by atoms with Crippen molar-refractivity contribution >= 4 is 38.4 Å². The topological polar surface area (TPSA) is 119 Å². The lowest BCUT2D eigenvalue weighted by Gasteiger charge is -2.36. The van der Waals surface area contributed by atoms with Gasteiger partial charge in [0, 0.05) is 60.0 Å². The number of nitrogens with one attached hydrogen (secondary N) is 2. The van der Waals surface area contributed by atoms with E-state index in [0.717, 1.165) is 23.9 Å². The second kappa shape index (κ2) is 9.16. The second-order valence-electron chi connectivity index (χ2n) is 8.99. The van der Waals surface area contributed by atoms with Crippen LogP contribution in [0.25, 0.3) is 10.9 Å². The number of fused-ring (bicyclic) bond motifs is 1. The molecule has 0 aliphatic carbocycles. The highest BCUT2D eigenvalue weighted by Gasteiger charge is 2.35. The third-order valence-corrected chi connectivity index (χ3v) is 8.96. The summed E-state index contributed by atoms with van der Waals surface area (Å²) in [5.41, 5.74) is 1.34. The first-order valence-corrected chi connectivity index (χ1v) is 13.3. The third kappa shape index (κ3) is 4.49. The van der Waals surface area contributed by atoms with E-state index in [9.17, 15) is 18.0 Å². The number of aromatic amines is 2. The Morgan fingerprint density at radius 1 is 1.00 bits per heavy atom. The fraction of sp³-hybridized carbons (Fsp3) is 0.435. The number of aromatic nitrogens is 3. The molecule has 2 aliphatic heterocycles. The second-order valence-corrected chi connectivity index (χ2v) is 11.3. The molecule has 34 heavy (non-hydrogen) atoms. The van der Waals surface area contributed by atoms with Crippen LogP contribution < -0.4 is 5.56 Å². The molecule has 0 spiro atoms. The minimum absolute atomic E-state index is 0.102. The van der Waals surface area contributed by atoms with Gasteiger partial charge in [-0.25, -0.2) is 13.5 Å². The van der Waals surface area contributed by atoms with Crippen molar-refractivity contribution in [2.45, 2.75) is 36.6 Å². The van der Waals surface area contributed by atoms with Crippen LogP contribution in [-0.4, -0.2) is 64.9 Å². The summed E-state index contributed by atoms with van der Waals surface area (Å²) in [7, 11) is -3.67. The molecule has 2 saturated heterocycles. The van der Waals surface area contributed by atoms with Crippen LogP contribution >= 0.6 is 11.6 Å². The Balaban J connectivity index is 1.18. The zero-order chi connectivity index (χ0) is 23.9. The third-order valence-electron chi connectivity index (χ3n) is 6.90. The van der Waals surface area contributed by atoms with E-state index >= 15 is 0 Å². The molecule has 0 atom stereocenters. The number of carbonyl (C=O) groups excluding carboxylic acids is 1. The zero-order valence-electron chi connectivity index (χ0n) is 18.5. The van der Waals surface area contributed by atoms with E-state index in [4.69, 9.17) is 11.6 Å². The van der Waals surface area contributed by atoms with Gasteiger partial charge in [0.05, 0.1) is 5.69 Å². The quantitative estimate of drug-likeness (QED) is 0.567. The predicted molar refractivity (Wildman–Crippen MR) is 128 cm³/mol. The van der Waals surface area contributed by atoms with Gasteiger partial charge in [0.2, 0.25) is 5.91 Å². The maximum Gasteiger partial charge on any atom is 0.264 e. The number of carbonyl (C=O) groups is 1. The molecule has 1 amide bonds. The fourth-order valence-electron chi connectivity index (χ4n) is 4.93. The molecule has 2 aliphatic rings. The summed E-state index contributed by atoms with van der Waals surface area (Å²) in [6, 6.07) is 10.0. The average molecular weight is 504 g/mol. The highest BCUT2D eigenvalue weighted by atomic mass is 35.5. The Hall–Kier alpha value is -2.69. The summed E-state index contributed by atoms with van der Waals surface area (Å²) < 4.78 is 27.8. The zero-order valence-corrected chi connectivity index (χ0v) is 20.1. The van der Waals surface area contributed by atoms with Crippen molar-refractivity contribution in [3.05, 3.63) is 57.5 Å². The van der Waals surface area contributed by atoms with Crippen LogP contribution in [0, 0.1) is 5.92 Å². The number of nitrogens with zero attached hydrogens (tertiary/aromatic N) is 3. The highest BCUT2D eigenvalue weighted by molar-refractivity contribution is 7.89. The number of hydrogen-bond donors (Lipinski definition) is 2. The van der Waals surface area contributed by atoms with E-state index in [1.165, 1.54) is 10.4 Å². The molecular weight excluding hydrogens is 478 g/mol. The van der Waals surface area contributed by atoms with Gasteiger partial charge in [-0.2, -0.15) is 9.40 Å². The molecule has 11 heteroatoms. The molecule has 9 nitrogen and oxygen atoms in total.